The highest BCUT2D eigenvalue weighted by atomic mass is 15.1. The van der Waals surface area contributed by atoms with Gasteiger partial charge in [-0.3, -0.25) is 0 Å². The Morgan fingerprint density at radius 2 is 1.27 bits per heavy atom. The van der Waals surface area contributed by atoms with Crippen molar-refractivity contribution in [2.45, 2.75) is 41.0 Å². The van der Waals surface area contributed by atoms with Gasteiger partial charge in [-0.05, 0) is 31.2 Å². The topological polar surface area (TPSA) is 31.4 Å². The van der Waals surface area contributed by atoms with Gasteiger partial charge in [-0.25, -0.2) is 0 Å². The van der Waals surface area contributed by atoms with Gasteiger partial charge in [0.1, 0.15) is 0 Å². The zero-order chi connectivity index (χ0) is 16.8. The summed E-state index contributed by atoms with van der Waals surface area (Å²) in [7, 11) is 0. The van der Waals surface area contributed by atoms with Crippen molar-refractivity contribution in [1.29, 1.82) is 5.39 Å². The monoisotopic (exact) mass is 298 g/mol. The first-order valence-electron chi connectivity index (χ1n) is 8.04. The van der Waals surface area contributed by atoms with Crippen LogP contribution in [-0.2, 0) is 0 Å². The van der Waals surface area contributed by atoms with Crippen LogP contribution in [-0.4, -0.2) is 6.54 Å². The Labute approximate surface area is 135 Å². The quantitative estimate of drug-likeness (QED) is 0.585. The van der Waals surface area contributed by atoms with Gasteiger partial charge in [0, 0.05) is 30.1 Å². The zero-order valence-electron chi connectivity index (χ0n) is 14.5. The van der Waals surface area contributed by atoms with Crippen molar-refractivity contribution < 1.29 is 0 Å². The van der Waals surface area contributed by atoms with Crippen molar-refractivity contribution in [2.75, 3.05) is 11.4 Å². The summed E-state index contributed by atoms with van der Waals surface area (Å²) in [4.78, 5) is 5.35. The van der Waals surface area contributed by atoms with Crippen LogP contribution < -0.4 is 4.90 Å². The first kappa shape index (κ1) is 19.7. The molecule has 0 spiro atoms. The van der Waals surface area contributed by atoms with Crippen LogP contribution >= 0.6 is 0 Å². The Kier molecular flexibility index (Phi) is 11.1. The van der Waals surface area contributed by atoms with Crippen LogP contribution in [0.25, 0.3) is 4.98 Å². The molecule has 0 aliphatic carbocycles. The second-order valence-electron chi connectivity index (χ2n) is 4.40. The molecule has 118 valence electrons. The Morgan fingerprint density at radius 3 is 1.68 bits per heavy atom. The fourth-order valence-corrected chi connectivity index (χ4v) is 1.82. The first-order valence-corrected chi connectivity index (χ1v) is 8.04. The minimum absolute atomic E-state index is 0.567. The molecule has 0 aliphatic rings. The maximum Gasteiger partial charge on any atom is 0.385 e. The molecule has 3 nitrogen and oxygen atoms in total. The number of para-hydroxylation sites is 1. The third-order valence-electron chi connectivity index (χ3n) is 2.66. The highest BCUT2D eigenvalue weighted by Crippen LogP contribution is 2.26. The fourth-order valence-electron chi connectivity index (χ4n) is 1.82. The summed E-state index contributed by atoms with van der Waals surface area (Å²) in [5.41, 5.74) is 2.81. The molecule has 0 bridgehead atoms. The molecule has 0 unspecified atom stereocenters. The fraction of sp³-hybridized carbons (Fsp3) is 0.368. The zero-order valence-corrected chi connectivity index (χ0v) is 14.5. The van der Waals surface area contributed by atoms with E-state index in [4.69, 9.17) is 5.39 Å². The van der Waals surface area contributed by atoms with E-state index in [1.54, 1.807) is 12.1 Å². The molecular weight excluding hydrogens is 270 g/mol. The van der Waals surface area contributed by atoms with Crippen molar-refractivity contribution in [3.8, 4) is 0 Å². The van der Waals surface area contributed by atoms with E-state index in [0.717, 1.165) is 17.9 Å². The van der Waals surface area contributed by atoms with Crippen LogP contribution in [0.15, 0.2) is 54.6 Å². The van der Waals surface area contributed by atoms with Gasteiger partial charge >= 0.3 is 5.69 Å². The second kappa shape index (κ2) is 12.4. The Bertz CT molecular complexity index is 527. The Balaban J connectivity index is 0.000000789. The second-order valence-corrected chi connectivity index (χ2v) is 4.40. The minimum atomic E-state index is 0.567. The van der Waals surface area contributed by atoms with Gasteiger partial charge in [-0.1, -0.05) is 52.3 Å². The molecular formula is C19H28N3+. The third kappa shape index (κ3) is 6.41. The summed E-state index contributed by atoms with van der Waals surface area (Å²) in [5, 5.41) is 8.65. The largest absolute Gasteiger partial charge is 0.385 e. The molecule has 0 aliphatic heterocycles. The SMILES string of the molecule is CC.CCC.CCN(c1ccccc1)c1ccc([N+]#N)cc1. The number of hydrogen-bond donors (Lipinski definition) is 0. The standard InChI is InChI=1S/C14H14N3.C3H8.C2H6/c1-2-17(13-6-4-3-5-7-13)14-10-8-12(16-15)9-11-14;1-3-2;1-2/h3-11H,2H2,1H3;3H2,1-2H3;1-2H3/q+1;;. The van der Waals surface area contributed by atoms with E-state index in [-0.39, 0.29) is 0 Å². The summed E-state index contributed by atoms with van der Waals surface area (Å²) in [5.74, 6) is 0. The number of hydrogen-bond acceptors (Lipinski definition) is 2. The van der Waals surface area contributed by atoms with Crippen LogP contribution in [0.4, 0.5) is 17.1 Å². The van der Waals surface area contributed by atoms with Crippen molar-refractivity contribution in [3.05, 3.63) is 59.6 Å². The molecule has 0 aromatic heterocycles. The molecule has 0 fully saturated rings. The van der Waals surface area contributed by atoms with Gasteiger partial charge < -0.3 is 4.90 Å². The first-order chi connectivity index (χ1) is 10.8. The van der Waals surface area contributed by atoms with E-state index in [1.165, 1.54) is 6.42 Å². The molecule has 2 rings (SSSR count). The number of diazo groups is 1. The summed E-state index contributed by atoms with van der Waals surface area (Å²) in [6, 6.07) is 17.7. The molecule has 2 aromatic carbocycles. The van der Waals surface area contributed by atoms with Crippen LogP contribution in [0.2, 0.25) is 0 Å². The smallest absolute Gasteiger partial charge is 0.342 e. The maximum absolute atomic E-state index is 8.65. The lowest BCUT2D eigenvalue weighted by Gasteiger charge is -2.22. The van der Waals surface area contributed by atoms with Crippen molar-refractivity contribution in [2.24, 2.45) is 0 Å². The van der Waals surface area contributed by atoms with E-state index < -0.39 is 0 Å². The highest BCUT2D eigenvalue weighted by molar-refractivity contribution is 5.65. The Hall–Kier alpha value is -2.34. The number of anilines is 2. The van der Waals surface area contributed by atoms with Crippen molar-refractivity contribution in [3.63, 3.8) is 0 Å². The lowest BCUT2D eigenvalue weighted by Crippen LogP contribution is -2.15. The van der Waals surface area contributed by atoms with Gasteiger partial charge in [-0.15, -0.1) is 0 Å². The van der Waals surface area contributed by atoms with Gasteiger partial charge in [-0.2, -0.15) is 0 Å². The van der Waals surface area contributed by atoms with Crippen molar-refractivity contribution in [1.82, 2.24) is 0 Å². The lowest BCUT2D eigenvalue weighted by atomic mass is 10.2. The van der Waals surface area contributed by atoms with Crippen LogP contribution in [0.3, 0.4) is 0 Å². The predicted octanol–water partition coefficient (Wildman–Crippen LogP) is 6.77. The van der Waals surface area contributed by atoms with Crippen LogP contribution in [0, 0.1) is 5.39 Å². The lowest BCUT2D eigenvalue weighted by molar-refractivity contribution is 1.02. The highest BCUT2D eigenvalue weighted by Gasteiger charge is 2.09. The predicted molar refractivity (Wildman–Crippen MR) is 97.6 cm³/mol. The molecule has 3 heteroatoms. The van der Waals surface area contributed by atoms with Gasteiger partial charge in [0.05, 0.1) is 0 Å². The van der Waals surface area contributed by atoms with E-state index in [9.17, 15) is 0 Å². The van der Waals surface area contributed by atoms with Gasteiger partial charge in [0.25, 0.3) is 0 Å². The minimum Gasteiger partial charge on any atom is -0.342 e. The third-order valence-corrected chi connectivity index (χ3v) is 2.66. The molecule has 0 amide bonds. The molecule has 0 saturated carbocycles. The van der Waals surface area contributed by atoms with E-state index in [2.05, 4.69) is 42.8 Å². The molecule has 0 N–H and O–H groups in total. The number of nitrogens with zero attached hydrogens (tertiary/aromatic N) is 3. The Morgan fingerprint density at radius 1 is 0.818 bits per heavy atom. The van der Waals surface area contributed by atoms with Crippen molar-refractivity contribution >= 4 is 17.1 Å². The molecule has 0 radical (unpaired) electrons. The summed E-state index contributed by atoms with van der Waals surface area (Å²) in [6.07, 6.45) is 1.25. The van der Waals surface area contributed by atoms with Gasteiger partial charge in [0.15, 0.2) is 4.98 Å². The number of rotatable bonds is 3. The average molecular weight is 298 g/mol. The maximum atomic E-state index is 8.65. The molecule has 22 heavy (non-hydrogen) atoms. The normalized spacial score (nSPS) is 8.55. The summed E-state index contributed by atoms with van der Waals surface area (Å²) < 4.78 is 0. The summed E-state index contributed by atoms with van der Waals surface area (Å²) in [6.45, 7) is 11.2. The van der Waals surface area contributed by atoms with Gasteiger partial charge in [0.2, 0.25) is 5.39 Å². The van der Waals surface area contributed by atoms with Crippen LogP contribution in [0.1, 0.15) is 41.0 Å². The average Bonchev–Trinajstić information content (AvgIpc) is 2.60. The van der Waals surface area contributed by atoms with E-state index in [0.29, 0.717) is 5.69 Å². The molecule has 2 aromatic rings. The molecule has 0 atom stereocenters. The van der Waals surface area contributed by atoms with E-state index >= 15 is 0 Å². The molecule has 0 saturated heterocycles. The molecule has 0 heterocycles. The number of benzene rings is 2. The van der Waals surface area contributed by atoms with E-state index in [1.807, 2.05) is 44.2 Å². The van der Waals surface area contributed by atoms with Crippen LogP contribution in [0.5, 0.6) is 0 Å². The summed E-state index contributed by atoms with van der Waals surface area (Å²) >= 11 is 0.